The van der Waals surface area contributed by atoms with Gasteiger partial charge in [0.2, 0.25) is 0 Å². The second-order valence-corrected chi connectivity index (χ2v) is 4.66. The van der Waals surface area contributed by atoms with E-state index in [-0.39, 0.29) is 0 Å². The summed E-state index contributed by atoms with van der Waals surface area (Å²) in [4.78, 5) is 2.42. The van der Waals surface area contributed by atoms with Crippen LogP contribution in [0, 0.1) is 6.92 Å². The Bertz CT molecular complexity index is 311. The van der Waals surface area contributed by atoms with Crippen LogP contribution >= 0.6 is 0 Å². The van der Waals surface area contributed by atoms with E-state index in [1.54, 1.807) is 7.11 Å². The number of nitrogens with two attached hydrogens (primary N) is 1. The van der Waals surface area contributed by atoms with Gasteiger partial charge in [-0.05, 0) is 44.9 Å². The zero-order valence-electron chi connectivity index (χ0n) is 11.7. The highest BCUT2D eigenvalue weighted by atomic mass is 16.5. The first-order chi connectivity index (χ1) is 8.77. The van der Waals surface area contributed by atoms with Crippen LogP contribution in [0.4, 0.5) is 5.69 Å². The zero-order chi connectivity index (χ0) is 13.2. The molecule has 102 valence electrons. The van der Waals surface area contributed by atoms with Gasteiger partial charge in [-0.3, -0.25) is 0 Å². The Hall–Kier alpha value is -1.06. The number of anilines is 1. The predicted molar refractivity (Wildman–Crippen MR) is 78.2 cm³/mol. The maximum Gasteiger partial charge on any atom is 0.0462 e. The molecule has 0 saturated heterocycles. The SMILES string of the molecule is COCCCCN(CCCN)c1ccc(C)cc1. The fourth-order valence-corrected chi connectivity index (χ4v) is 1.96. The van der Waals surface area contributed by atoms with E-state index >= 15 is 0 Å². The highest BCUT2D eigenvalue weighted by Crippen LogP contribution is 2.16. The van der Waals surface area contributed by atoms with Crippen molar-refractivity contribution >= 4 is 5.69 Å². The molecule has 0 spiro atoms. The topological polar surface area (TPSA) is 38.5 Å². The number of ether oxygens (including phenoxy) is 1. The van der Waals surface area contributed by atoms with E-state index in [2.05, 4.69) is 36.1 Å². The molecule has 0 bridgehead atoms. The molecule has 0 aromatic heterocycles. The lowest BCUT2D eigenvalue weighted by molar-refractivity contribution is 0.193. The monoisotopic (exact) mass is 250 g/mol. The normalized spacial score (nSPS) is 10.6. The number of benzene rings is 1. The number of aryl methyl sites for hydroxylation is 1. The van der Waals surface area contributed by atoms with Crippen molar-refractivity contribution in [3.05, 3.63) is 29.8 Å². The fraction of sp³-hybridized carbons (Fsp3) is 0.600. The predicted octanol–water partition coefficient (Wildman–Crippen LogP) is 2.58. The molecule has 1 aromatic rings. The fourth-order valence-electron chi connectivity index (χ4n) is 1.96. The highest BCUT2D eigenvalue weighted by Gasteiger charge is 2.05. The second kappa shape index (κ2) is 8.95. The van der Waals surface area contributed by atoms with Gasteiger partial charge in [0, 0.05) is 32.5 Å². The van der Waals surface area contributed by atoms with Crippen LogP contribution in [-0.4, -0.2) is 33.4 Å². The Labute approximate surface area is 111 Å². The standard InChI is InChI=1S/C15H26N2O/c1-14-6-8-15(9-7-14)17(12-5-10-16)11-3-4-13-18-2/h6-9H,3-5,10-13,16H2,1-2H3. The summed E-state index contributed by atoms with van der Waals surface area (Å²) in [5.41, 5.74) is 8.21. The molecule has 2 N–H and O–H groups in total. The van der Waals surface area contributed by atoms with Crippen molar-refractivity contribution in [2.75, 3.05) is 38.3 Å². The van der Waals surface area contributed by atoms with Crippen molar-refractivity contribution in [2.24, 2.45) is 5.73 Å². The number of unbranched alkanes of at least 4 members (excludes halogenated alkanes) is 1. The molecular formula is C15H26N2O. The molecule has 0 aliphatic rings. The van der Waals surface area contributed by atoms with E-state index in [0.29, 0.717) is 0 Å². The maximum absolute atomic E-state index is 5.61. The molecule has 0 radical (unpaired) electrons. The van der Waals surface area contributed by atoms with E-state index in [1.807, 2.05) is 0 Å². The molecule has 18 heavy (non-hydrogen) atoms. The first-order valence-electron chi connectivity index (χ1n) is 6.78. The quantitative estimate of drug-likeness (QED) is 0.685. The van der Waals surface area contributed by atoms with Crippen LogP contribution in [0.1, 0.15) is 24.8 Å². The lowest BCUT2D eigenvalue weighted by Gasteiger charge is -2.25. The van der Waals surface area contributed by atoms with E-state index in [1.165, 1.54) is 11.3 Å². The molecule has 0 aliphatic carbocycles. The van der Waals surface area contributed by atoms with Gasteiger partial charge >= 0.3 is 0 Å². The van der Waals surface area contributed by atoms with Crippen molar-refractivity contribution in [3.8, 4) is 0 Å². The second-order valence-electron chi connectivity index (χ2n) is 4.66. The van der Waals surface area contributed by atoms with Crippen LogP contribution in [0.25, 0.3) is 0 Å². The van der Waals surface area contributed by atoms with E-state index < -0.39 is 0 Å². The lowest BCUT2D eigenvalue weighted by Crippen LogP contribution is -2.27. The van der Waals surface area contributed by atoms with Crippen LogP contribution in [0.5, 0.6) is 0 Å². The Morgan fingerprint density at radius 2 is 1.72 bits per heavy atom. The molecule has 0 heterocycles. The minimum absolute atomic E-state index is 0.750. The van der Waals surface area contributed by atoms with Gasteiger partial charge in [0.1, 0.15) is 0 Å². The van der Waals surface area contributed by atoms with E-state index in [0.717, 1.165) is 45.5 Å². The molecule has 0 amide bonds. The van der Waals surface area contributed by atoms with E-state index in [9.17, 15) is 0 Å². The van der Waals surface area contributed by atoms with Gasteiger partial charge in [0.25, 0.3) is 0 Å². The minimum atomic E-state index is 0.750. The van der Waals surface area contributed by atoms with Crippen molar-refractivity contribution in [1.29, 1.82) is 0 Å². The molecular weight excluding hydrogens is 224 g/mol. The number of rotatable bonds is 9. The van der Waals surface area contributed by atoms with Crippen LogP contribution in [0.3, 0.4) is 0 Å². The third-order valence-electron chi connectivity index (χ3n) is 3.06. The molecule has 0 aliphatic heterocycles. The molecule has 3 nitrogen and oxygen atoms in total. The van der Waals surface area contributed by atoms with Crippen molar-refractivity contribution < 1.29 is 4.74 Å². The number of hydrogen-bond acceptors (Lipinski definition) is 3. The van der Waals surface area contributed by atoms with Crippen molar-refractivity contribution in [3.63, 3.8) is 0 Å². The van der Waals surface area contributed by atoms with Gasteiger partial charge in [-0.25, -0.2) is 0 Å². The molecule has 0 atom stereocenters. The molecule has 1 aromatic carbocycles. The van der Waals surface area contributed by atoms with Gasteiger partial charge < -0.3 is 15.4 Å². The summed E-state index contributed by atoms with van der Waals surface area (Å²) in [5, 5.41) is 0. The molecule has 0 unspecified atom stereocenters. The summed E-state index contributed by atoms with van der Waals surface area (Å²) in [6.07, 6.45) is 3.31. The summed E-state index contributed by atoms with van der Waals surface area (Å²) >= 11 is 0. The molecule has 0 saturated carbocycles. The number of hydrogen-bond donors (Lipinski definition) is 1. The first kappa shape index (κ1) is 15.0. The number of methoxy groups -OCH3 is 1. The minimum Gasteiger partial charge on any atom is -0.385 e. The molecule has 3 heteroatoms. The van der Waals surface area contributed by atoms with Gasteiger partial charge in [-0.2, -0.15) is 0 Å². The van der Waals surface area contributed by atoms with Gasteiger partial charge in [-0.15, -0.1) is 0 Å². The van der Waals surface area contributed by atoms with Crippen LogP contribution in [-0.2, 0) is 4.74 Å². The third-order valence-corrected chi connectivity index (χ3v) is 3.06. The maximum atomic E-state index is 5.61. The van der Waals surface area contributed by atoms with Crippen molar-refractivity contribution in [2.45, 2.75) is 26.2 Å². The van der Waals surface area contributed by atoms with Crippen molar-refractivity contribution in [1.82, 2.24) is 0 Å². The average molecular weight is 250 g/mol. The Balaban J connectivity index is 2.51. The summed E-state index contributed by atoms with van der Waals surface area (Å²) in [5.74, 6) is 0. The highest BCUT2D eigenvalue weighted by molar-refractivity contribution is 5.47. The number of nitrogens with zero attached hydrogens (tertiary/aromatic N) is 1. The molecule has 0 fully saturated rings. The van der Waals surface area contributed by atoms with E-state index in [4.69, 9.17) is 10.5 Å². The summed E-state index contributed by atoms with van der Waals surface area (Å²) in [6.45, 7) is 5.82. The molecule has 1 rings (SSSR count). The average Bonchev–Trinajstić information content (AvgIpc) is 2.39. The summed E-state index contributed by atoms with van der Waals surface area (Å²) in [6, 6.07) is 8.73. The largest absolute Gasteiger partial charge is 0.385 e. The summed E-state index contributed by atoms with van der Waals surface area (Å²) < 4.78 is 5.09. The van der Waals surface area contributed by atoms with Gasteiger partial charge in [0.15, 0.2) is 0 Å². The smallest absolute Gasteiger partial charge is 0.0462 e. The zero-order valence-corrected chi connectivity index (χ0v) is 11.7. The Morgan fingerprint density at radius 3 is 2.33 bits per heavy atom. The van der Waals surface area contributed by atoms with Crippen LogP contribution in [0.2, 0.25) is 0 Å². The lowest BCUT2D eigenvalue weighted by atomic mass is 10.2. The van der Waals surface area contributed by atoms with Gasteiger partial charge in [-0.1, -0.05) is 17.7 Å². The van der Waals surface area contributed by atoms with Crippen LogP contribution < -0.4 is 10.6 Å². The summed E-state index contributed by atoms with van der Waals surface area (Å²) in [7, 11) is 1.76. The van der Waals surface area contributed by atoms with Gasteiger partial charge in [0.05, 0.1) is 0 Å². The first-order valence-corrected chi connectivity index (χ1v) is 6.78. The van der Waals surface area contributed by atoms with Crippen LogP contribution in [0.15, 0.2) is 24.3 Å². The third kappa shape index (κ3) is 5.52. The Morgan fingerprint density at radius 1 is 1.06 bits per heavy atom. The Kier molecular flexibility index (Phi) is 7.46.